The highest BCUT2D eigenvalue weighted by molar-refractivity contribution is 5.80. The molecule has 7 heteroatoms. The summed E-state index contributed by atoms with van der Waals surface area (Å²) in [6.45, 7) is 5.39. The zero-order valence-corrected chi connectivity index (χ0v) is 15.5. The van der Waals surface area contributed by atoms with Crippen molar-refractivity contribution >= 4 is 11.6 Å². The van der Waals surface area contributed by atoms with Gasteiger partial charge in [-0.25, -0.2) is 4.99 Å². The second-order valence-corrected chi connectivity index (χ2v) is 6.67. The average Bonchev–Trinajstić information content (AvgIpc) is 3.07. The molecule has 1 unspecified atom stereocenters. The van der Waals surface area contributed by atoms with Gasteiger partial charge in [-0.2, -0.15) is 5.10 Å². The molecule has 1 fully saturated rings. The van der Waals surface area contributed by atoms with Crippen LogP contribution in [0.4, 0.5) is 5.69 Å². The van der Waals surface area contributed by atoms with E-state index in [2.05, 4.69) is 38.7 Å². The molecule has 0 radical (unpaired) electrons. The van der Waals surface area contributed by atoms with Gasteiger partial charge in [0.2, 0.25) is 0 Å². The van der Waals surface area contributed by atoms with Gasteiger partial charge >= 0.3 is 0 Å². The Morgan fingerprint density at radius 2 is 2.31 bits per heavy atom. The van der Waals surface area contributed by atoms with E-state index in [1.807, 2.05) is 30.1 Å². The van der Waals surface area contributed by atoms with Crippen LogP contribution in [0.1, 0.15) is 25.3 Å². The van der Waals surface area contributed by atoms with Crippen LogP contribution in [0.5, 0.6) is 5.75 Å². The summed E-state index contributed by atoms with van der Waals surface area (Å²) >= 11 is 0. The van der Waals surface area contributed by atoms with Crippen molar-refractivity contribution in [2.24, 2.45) is 12.0 Å². The van der Waals surface area contributed by atoms with Crippen molar-refractivity contribution in [2.75, 3.05) is 24.5 Å². The molecule has 0 saturated carbocycles. The van der Waals surface area contributed by atoms with Gasteiger partial charge in [0.05, 0.1) is 18.4 Å². The summed E-state index contributed by atoms with van der Waals surface area (Å²) < 4.78 is 1.84. The first-order valence-corrected chi connectivity index (χ1v) is 9.20. The zero-order valence-electron chi connectivity index (χ0n) is 15.5. The highest BCUT2D eigenvalue weighted by Crippen LogP contribution is 2.19. The number of aryl methyl sites for hydroxylation is 1. The molecule has 26 heavy (non-hydrogen) atoms. The molecular formula is C19H28N6O. The highest BCUT2D eigenvalue weighted by Gasteiger charge is 2.21. The number of nitrogens with zero attached hydrogens (tertiary/aromatic N) is 4. The number of aromatic hydroxyl groups is 1. The maximum Gasteiger partial charge on any atom is 0.191 e. The van der Waals surface area contributed by atoms with Crippen molar-refractivity contribution in [3.8, 4) is 5.75 Å². The Morgan fingerprint density at radius 1 is 1.42 bits per heavy atom. The van der Waals surface area contributed by atoms with Gasteiger partial charge in [-0.1, -0.05) is 12.1 Å². The zero-order chi connectivity index (χ0) is 18.4. The van der Waals surface area contributed by atoms with E-state index in [-0.39, 0.29) is 5.75 Å². The molecule has 1 atom stereocenters. The normalized spacial score (nSPS) is 18.0. The van der Waals surface area contributed by atoms with E-state index in [0.29, 0.717) is 12.6 Å². The molecule has 0 spiro atoms. The fourth-order valence-corrected chi connectivity index (χ4v) is 3.24. The summed E-state index contributed by atoms with van der Waals surface area (Å²) in [6.07, 6.45) is 6.24. The monoisotopic (exact) mass is 356 g/mol. The molecule has 0 bridgehead atoms. The Balaban J connectivity index is 1.62. The first-order chi connectivity index (χ1) is 12.6. The molecule has 2 heterocycles. The molecule has 0 amide bonds. The number of benzene rings is 1. The Hall–Kier alpha value is -2.70. The average molecular weight is 356 g/mol. The summed E-state index contributed by atoms with van der Waals surface area (Å²) in [6, 6.07) is 7.57. The maximum absolute atomic E-state index is 9.59. The lowest BCUT2D eigenvalue weighted by molar-refractivity contribution is 0.467. The van der Waals surface area contributed by atoms with E-state index in [9.17, 15) is 5.11 Å². The quantitative estimate of drug-likeness (QED) is 0.563. The van der Waals surface area contributed by atoms with Crippen molar-refractivity contribution in [3.05, 3.63) is 42.2 Å². The summed E-state index contributed by atoms with van der Waals surface area (Å²) in [4.78, 5) is 7.04. The molecule has 3 rings (SSSR count). The molecular weight excluding hydrogens is 328 g/mol. The number of phenols is 1. The molecule has 1 aliphatic rings. The van der Waals surface area contributed by atoms with Crippen LogP contribution in [0, 0.1) is 0 Å². The lowest BCUT2D eigenvalue weighted by atomic mass is 10.1. The predicted molar refractivity (Wildman–Crippen MR) is 105 cm³/mol. The van der Waals surface area contributed by atoms with E-state index >= 15 is 0 Å². The minimum absolute atomic E-state index is 0.273. The van der Waals surface area contributed by atoms with Gasteiger partial charge in [-0.05, 0) is 37.5 Å². The van der Waals surface area contributed by atoms with E-state index in [4.69, 9.17) is 0 Å². The summed E-state index contributed by atoms with van der Waals surface area (Å²) in [7, 11) is 1.94. The molecule has 1 aromatic heterocycles. The fourth-order valence-electron chi connectivity index (χ4n) is 3.24. The second-order valence-electron chi connectivity index (χ2n) is 6.67. The number of rotatable bonds is 5. The largest absolute Gasteiger partial charge is 0.508 e. The van der Waals surface area contributed by atoms with Gasteiger partial charge in [-0.3, -0.25) is 4.68 Å². The smallest absolute Gasteiger partial charge is 0.191 e. The number of phenolic OH excluding ortho intramolecular Hbond substituents is 1. The summed E-state index contributed by atoms with van der Waals surface area (Å²) in [5.74, 6) is 1.09. The lowest BCUT2D eigenvalue weighted by Gasteiger charge is -2.34. The third-order valence-electron chi connectivity index (χ3n) is 4.49. The number of hydrogen-bond donors (Lipinski definition) is 3. The number of aromatic nitrogens is 2. The minimum atomic E-state index is 0.273. The predicted octanol–water partition coefficient (Wildman–Crippen LogP) is 1.85. The molecule has 1 saturated heterocycles. The summed E-state index contributed by atoms with van der Waals surface area (Å²) in [5, 5.41) is 20.7. The third-order valence-corrected chi connectivity index (χ3v) is 4.49. The van der Waals surface area contributed by atoms with E-state index in [1.54, 1.807) is 12.1 Å². The van der Waals surface area contributed by atoms with Crippen LogP contribution in [-0.2, 0) is 13.6 Å². The van der Waals surface area contributed by atoms with Crippen molar-refractivity contribution in [2.45, 2.75) is 32.4 Å². The van der Waals surface area contributed by atoms with Crippen molar-refractivity contribution in [1.82, 2.24) is 20.4 Å². The lowest BCUT2D eigenvalue weighted by Crippen LogP contribution is -2.51. The second kappa shape index (κ2) is 8.60. The Morgan fingerprint density at radius 3 is 3.04 bits per heavy atom. The van der Waals surface area contributed by atoms with Gasteiger partial charge < -0.3 is 20.6 Å². The van der Waals surface area contributed by atoms with E-state index in [1.165, 1.54) is 5.69 Å². The minimum Gasteiger partial charge on any atom is -0.508 e. The van der Waals surface area contributed by atoms with Gasteiger partial charge in [0.25, 0.3) is 0 Å². The molecule has 7 nitrogen and oxygen atoms in total. The number of hydrogen-bond acceptors (Lipinski definition) is 4. The molecule has 140 valence electrons. The molecule has 1 aliphatic heterocycles. The van der Waals surface area contributed by atoms with Crippen LogP contribution >= 0.6 is 0 Å². The first-order valence-electron chi connectivity index (χ1n) is 9.20. The maximum atomic E-state index is 9.59. The third kappa shape index (κ3) is 4.91. The Bertz CT molecular complexity index is 741. The number of anilines is 1. The fraction of sp³-hybridized carbons (Fsp3) is 0.474. The Labute approximate surface area is 154 Å². The number of nitrogens with one attached hydrogen (secondary N) is 2. The van der Waals surface area contributed by atoms with E-state index < -0.39 is 0 Å². The van der Waals surface area contributed by atoms with E-state index in [0.717, 1.165) is 44.0 Å². The van der Waals surface area contributed by atoms with Crippen LogP contribution in [0.2, 0.25) is 0 Å². The van der Waals surface area contributed by atoms with Gasteiger partial charge in [0, 0.05) is 38.9 Å². The SMILES string of the molecule is CCNC(=NCc1cccc(O)c1)NC1CCCN(c2cnn(C)c2)C1. The summed E-state index contributed by atoms with van der Waals surface area (Å²) in [5.41, 5.74) is 2.16. The van der Waals surface area contributed by atoms with Crippen LogP contribution in [0.3, 0.4) is 0 Å². The highest BCUT2D eigenvalue weighted by atomic mass is 16.3. The van der Waals surface area contributed by atoms with Crippen LogP contribution in [0.25, 0.3) is 0 Å². The van der Waals surface area contributed by atoms with Crippen LogP contribution in [0.15, 0.2) is 41.7 Å². The number of piperidine rings is 1. The van der Waals surface area contributed by atoms with Crippen molar-refractivity contribution in [3.63, 3.8) is 0 Å². The number of guanidine groups is 1. The molecule has 3 N–H and O–H groups in total. The molecule has 2 aromatic rings. The topological polar surface area (TPSA) is 77.7 Å². The van der Waals surface area contributed by atoms with Crippen LogP contribution < -0.4 is 15.5 Å². The van der Waals surface area contributed by atoms with Crippen LogP contribution in [-0.4, -0.2) is 46.5 Å². The standard InChI is InChI=1S/C19H28N6O/c1-3-20-19(21-11-15-6-4-8-18(26)10-15)23-16-7-5-9-25(13-16)17-12-22-24(2)14-17/h4,6,8,10,12,14,16,26H,3,5,7,9,11,13H2,1-2H3,(H2,20,21,23). The first kappa shape index (κ1) is 18.1. The van der Waals surface area contributed by atoms with Crippen molar-refractivity contribution in [1.29, 1.82) is 0 Å². The van der Waals surface area contributed by atoms with Gasteiger partial charge in [0.1, 0.15) is 5.75 Å². The molecule has 1 aromatic carbocycles. The van der Waals surface area contributed by atoms with Gasteiger partial charge in [0.15, 0.2) is 5.96 Å². The Kier molecular flexibility index (Phi) is 5.99. The number of aliphatic imine (C=N–C) groups is 1. The molecule has 0 aliphatic carbocycles. The van der Waals surface area contributed by atoms with Gasteiger partial charge in [-0.15, -0.1) is 0 Å². The van der Waals surface area contributed by atoms with Crippen molar-refractivity contribution < 1.29 is 5.11 Å².